The van der Waals surface area contributed by atoms with Crippen LogP contribution in [-0.2, 0) is 9.47 Å². The van der Waals surface area contributed by atoms with Crippen LogP contribution in [-0.4, -0.2) is 87.0 Å². The second-order valence-electron chi connectivity index (χ2n) is 9.11. The summed E-state index contributed by atoms with van der Waals surface area (Å²) < 4.78 is 39.2. The number of halogens is 2. The minimum absolute atomic E-state index is 0.0813. The Morgan fingerprint density at radius 2 is 1.89 bits per heavy atom. The number of hydrogen-bond donors (Lipinski definition) is 1. The van der Waals surface area contributed by atoms with Gasteiger partial charge >= 0.3 is 6.09 Å². The van der Waals surface area contributed by atoms with Crippen LogP contribution in [0.5, 0.6) is 0 Å². The molecule has 1 aromatic carbocycles. The number of aromatic amines is 1. The number of nitrogens with one attached hydrogen (secondary N) is 1. The van der Waals surface area contributed by atoms with Gasteiger partial charge in [-0.3, -0.25) is 0 Å². The number of fused-ring (bicyclic) bond motifs is 2. The van der Waals surface area contributed by atoms with Crippen LogP contribution in [0.15, 0.2) is 24.5 Å². The second-order valence-corrected chi connectivity index (χ2v) is 9.11. The molecule has 0 saturated carbocycles. The minimum atomic E-state index is -2.72. The Morgan fingerprint density at radius 3 is 2.62 bits per heavy atom. The zero-order valence-corrected chi connectivity index (χ0v) is 20.2. The first-order chi connectivity index (χ1) is 18.0. The van der Waals surface area contributed by atoms with E-state index in [1.54, 1.807) is 23.4 Å². The summed E-state index contributed by atoms with van der Waals surface area (Å²) in [4.78, 5) is 37.0. The SMILES string of the molecule is COC(=O)N1CCC(n2cnc3c(-c4cccc5[nH]c(C(F)F)nc45)nc(N4CCOCC4)nc32)CC1. The van der Waals surface area contributed by atoms with Crippen LogP contribution < -0.4 is 4.90 Å². The number of ether oxygens (including phenoxy) is 2. The summed E-state index contributed by atoms with van der Waals surface area (Å²) in [5.41, 5.74) is 3.28. The lowest BCUT2D eigenvalue weighted by atomic mass is 10.1. The summed E-state index contributed by atoms with van der Waals surface area (Å²) in [5, 5.41) is 0. The average Bonchev–Trinajstić information content (AvgIpc) is 3.57. The summed E-state index contributed by atoms with van der Waals surface area (Å²) >= 11 is 0. The van der Waals surface area contributed by atoms with Gasteiger partial charge in [0.15, 0.2) is 11.5 Å². The molecule has 2 saturated heterocycles. The fourth-order valence-corrected chi connectivity index (χ4v) is 5.07. The van der Waals surface area contributed by atoms with Gasteiger partial charge in [-0.15, -0.1) is 0 Å². The van der Waals surface area contributed by atoms with Crippen molar-refractivity contribution in [1.82, 2.24) is 34.4 Å². The van der Waals surface area contributed by atoms with Gasteiger partial charge in [0.05, 0.1) is 37.7 Å². The third-order valence-electron chi connectivity index (χ3n) is 6.99. The summed E-state index contributed by atoms with van der Waals surface area (Å²) in [7, 11) is 1.38. The maximum atomic E-state index is 13.4. The number of anilines is 1. The molecule has 0 atom stereocenters. The Balaban J connectivity index is 1.47. The first kappa shape index (κ1) is 23.5. The number of aromatic nitrogens is 6. The standard InChI is InChI=1S/C24H26F2N8O3/c1-36-24(35)33-7-5-14(6-8-33)34-13-27-19-18(30-23(31-22(19)34)32-9-11-37-12-10-32)15-3-2-4-16-17(15)29-21(28-16)20(25)26/h2-4,13-14,20H,5-12H2,1H3,(H,28,29). The number of benzene rings is 1. The number of H-pyrrole nitrogens is 1. The molecule has 0 bridgehead atoms. The normalized spacial score (nSPS) is 17.3. The molecule has 0 spiro atoms. The van der Waals surface area contributed by atoms with E-state index in [-0.39, 0.29) is 18.0 Å². The number of carbonyl (C=O) groups is 1. The van der Waals surface area contributed by atoms with Gasteiger partial charge in [0.1, 0.15) is 11.2 Å². The van der Waals surface area contributed by atoms with Crippen molar-refractivity contribution in [2.24, 2.45) is 0 Å². The number of alkyl halides is 2. The van der Waals surface area contributed by atoms with Crippen molar-refractivity contribution in [3.05, 3.63) is 30.4 Å². The molecule has 13 heteroatoms. The van der Waals surface area contributed by atoms with Crippen LogP contribution in [0.25, 0.3) is 33.5 Å². The number of likely N-dealkylation sites (tertiary alicyclic amines) is 1. The van der Waals surface area contributed by atoms with Crippen molar-refractivity contribution < 1.29 is 23.0 Å². The lowest BCUT2D eigenvalue weighted by molar-refractivity contribution is 0.107. The molecule has 1 amide bonds. The Kier molecular flexibility index (Phi) is 6.07. The van der Waals surface area contributed by atoms with Crippen molar-refractivity contribution >= 4 is 34.2 Å². The topological polar surface area (TPSA) is 114 Å². The van der Waals surface area contributed by atoms with Crippen molar-refractivity contribution in [2.45, 2.75) is 25.3 Å². The molecule has 194 valence electrons. The fraction of sp³-hybridized carbons (Fsp3) is 0.458. The van der Waals surface area contributed by atoms with Gasteiger partial charge in [0.2, 0.25) is 5.95 Å². The number of morpholine rings is 1. The second kappa shape index (κ2) is 9.54. The molecule has 2 aliphatic rings. The number of piperidine rings is 1. The fourth-order valence-electron chi connectivity index (χ4n) is 5.07. The van der Waals surface area contributed by atoms with Gasteiger partial charge in [0, 0.05) is 37.8 Å². The highest BCUT2D eigenvalue weighted by Gasteiger charge is 2.28. The van der Waals surface area contributed by atoms with Gasteiger partial charge in [-0.2, -0.15) is 4.98 Å². The number of hydrogen-bond acceptors (Lipinski definition) is 8. The van der Waals surface area contributed by atoms with E-state index in [0.29, 0.717) is 78.8 Å². The van der Waals surface area contributed by atoms with E-state index >= 15 is 0 Å². The quantitative estimate of drug-likeness (QED) is 0.442. The molecule has 11 nitrogen and oxygen atoms in total. The molecule has 6 rings (SSSR count). The lowest BCUT2D eigenvalue weighted by Crippen LogP contribution is -2.39. The van der Waals surface area contributed by atoms with E-state index < -0.39 is 6.43 Å². The number of methoxy groups -OCH3 is 1. The molecule has 5 heterocycles. The van der Waals surface area contributed by atoms with Gasteiger partial charge in [-0.1, -0.05) is 12.1 Å². The predicted octanol–water partition coefficient (Wildman–Crippen LogP) is 3.55. The molecule has 1 N–H and O–H groups in total. The van der Waals surface area contributed by atoms with Crippen molar-refractivity contribution in [2.75, 3.05) is 51.4 Å². The molecular formula is C24H26F2N8O3. The van der Waals surface area contributed by atoms with Crippen LogP contribution in [0.2, 0.25) is 0 Å². The highest BCUT2D eigenvalue weighted by Crippen LogP contribution is 2.35. The Hall–Kier alpha value is -3.87. The zero-order valence-electron chi connectivity index (χ0n) is 20.2. The Bertz CT molecular complexity index is 1440. The zero-order chi connectivity index (χ0) is 25.5. The third kappa shape index (κ3) is 4.22. The summed E-state index contributed by atoms with van der Waals surface area (Å²) in [6, 6.07) is 5.40. The number of nitrogens with zero attached hydrogens (tertiary/aromatic N) is 7. The van der Waals surface area contributed by atoms with Crippen LogP contribution in [0.3, 0.4) is 0 Å². The average molecular weight is 513 g/mol. The van der Waals surface area contributed by atoms with Crippen LogP contribution in [0.1, 0.15) is 31.1 Å². The summed E-state index contributed by atoms with van der Waals surface area (Å²) in [6.45, 7) is 3.53. The molecule has 4 aromatic rings. The van der Waals surface area contributed by atoms with Gasteiger partial charge in [0.25, 0.3) is 6.43 Å². The number of imidazole rings is 2. The maximum Gasteiger partial charge on any atom is 0.409 e. The molecule has 0 radical (unpaired) electrons. The van der Waals surface area contributed by atoms with Gasteiger partial charge in [-0.05, 0) is 18.9 Å². The van der Waals surface area contributed by atoms with Gasteiger partial charge in [-0.25, -0.2) is 28.5 Å². The molecule has 2 aliphatic heterocycles. The molecule has 2 fully saturated rings. The number of amides is 1. The predicted molar refractivity (Wildman–Crippen MR) is 131 cm³/mol. The van der Waals surface area contributed by atoms with Crippen molar-refractivity contribution in [3.63, 3.8) is 0 Å². The van der Waals surface area contributed by atoms with Crippen LogP contribution in [0.4, 0.5) is 19.5 Å². The first-order valence-corrected chi connectivity index (χ1v) is 12.2. The van der Waals surface area contributed by atoms with E-state index in [9.17, 15) is 13.6 Å². The number of rotatable bonds is 4. The smallest absolute Gasteiger partial charge is 0.409 e. The van der Waals surface area contributed by atoms with Crippen LogP contribution >= 0.6 is 0 Å². The highest BCUT2D eigenvalue weighted by atomic mass is 19.3. The van der Waals surface area contributed by atoms with Crippen molar-refractivity contribution in [3.8, 4) is 11.3 Å². The molecule has 0 unspecified atom stereocenters. The van der Waals surface area contributed by atoms with Crippen molar-refractivity contribution in [1.29, 1.82) is 0 Å². The summed E-state index contributed by atoms with van der Waals surface area (Å²) in [5.74, 6) is 0.144. The molecule has 3 aromatic heterocycles. The summed E-state index contributed by atoms with van der Waals surface area (Å²) in [6.07, 6.45) is 0.145. The minimum Gasteiger partial charge on any atom is -0.453 e. The third-order valence-corrected chi connectivity index (χ3v) is 6.99. The molecule has 37 heavy (non-hydrogen) atoms. The van der Waals surface area contributed by atoms with E-state index in [4.69, 9.17) is 19.4 Å². The van der Waals surface area contributed by atoms with E-state index in [2.05, 4.69) is 19.9 Å². The monoisotopic (exact) mass is 512 g/mol. The number of carbonyl (C=O) groups excluding carboxylic acids is 1. The van der Waals surface area contributed by atoms with E-state index in [0.717, 1.165) is 12.8 Å². The first-order valence-electron chi connectivity index (χ1n) is 12.2. The van der Waals surface area contributed by atoms with Gasteiger partial charge < -0.3 is 28.8 Å². The lowest BCUT2D eigenvalue weighted by Gasteiger charge is -2.32. The Labute approximate surface area is 210 Å². The molecular weight excluding hydrogens is 486 g/mol. The van der Waals surface area contributed by atoms with E-state index in [1.807, 2.05) is 10.6 Å². The largest absolute Gasteiger partial charge is 0.453 e. The number of para-hydroxylation sites is 1. The van der Waals surface area contributed by atoms with Crippen LogP contribution in [0, 0.1) is 0 Å². The Morgan fingerprint density at radius 1 is 1.11 bits per heavy atom. The molecule has 0 aliphatic carbocycles. The highest BCUT2D eigenvalue weighted by molar-refractivity contribution is 5.99. The maximum absolute atomic E-state index is 13.4. The van der Waals surface area contributed by atoms with E-state index in [1.165, 1.54) is 7.11 Å².